The summed E-state index contributed by atoms with van der Waals surface area (Å²) in [5.41, 5.74) is 6.44. The van der Waals surface area contributed by atoms with Crippen molar-refractivity contribution in [2.45, 2.75) is 25.0 Å². The molecule has 0 bridgehead atoms. The first-order valence-corrected chi connectivity index (χ1v) is 7.08. The van der Waals surface area contributed by atoms with Crippen molar-refractivity contribution in [3.8, 4) is 0 Å². The van der Waals surface area contributed by atoms with Crippen molar-refractivity contribution < 1.29 is 14.7 Å². The summed E-state index contributed by atoms with van der Waals surface area (Å²) in [6.45, 7) is 0.930. The number of carbonyl (C=O) groups excluding carboxylic acids is 2. The number of benzene rings is 1. The monoisotopic (exact) mass is 291 g/mol. The van der Waals surface area contributed by atoms with Crippen molar-refractivity contribution in [2.75, 3.05) is 19.6 Å². The van der Waals surface area contributed by atoms with Gasteiger partial charge < -0.3 is 16.2 Å². The Morgan fingerprint density at radius 3 is 2.71 bits per heavy atom. The van der Waals surface area contributed by atoms with Crippen LogP contribution in [0.3, 0.4) is 0 Å². The zero-order valence-corrected chi connectivity index (χ0v) is 11.9. The minimum absolute atomic E-state index is 0.0828. The minimum Gasteiger partial charge on any atom is -0.392 e. The van der Waals surface area contributed by atoms with E-state index >= 15 is 0 Å². The molecular formula is C15H21N3O3. The molecule has 1 aliphatic rings. The first-order chi connectivity index (χ1) is 10.1. The van der Waals surface area contributed by atoms with E-state index < -0.39 is 18.1 Å². The Kier molecular flexibility index (Phi) is 5.30. The van der Waals surface area contributed by atoms with E-state index in [0.717, 1.165) is 12.0 Å². The van der Waals surface area contributed by atoms with E-state index in [2.05, 4.69) is 5.32 Å². The maximum Gasteiger partial charge on any atom is 0.234 e. The molecule has 0 aromatic heterocycles. The van der Waals surface area contributed by atoms with E-state index in [-0.39, 0.29) is 12.5 Å². The molecule has 2 rings (SSSR count). The molecular weight excluding hydrogens is 270 g/mol. The molecule has 6 heteroatoms. The summed E-state index contributed by atoms with van der Waals surface area (Å²) in [5.74, 6) is -0.657. The van der Waals surface area contributed by atoms with Gasteiger partial charge in [0.25, 0.3) is 0 Å². The fourth-order valence-electron chi connectivity index (χ4n) is 2.58. The van der Waals surface area contributed by atoms with Crippen molar-refractivity contribution in [3.05, 3.63) is 35.9 Å². The van der Waals surface area contributed by atoms with Crippen LogP contribution in [-0.4, -0.2) is 53.6 Å². The summed E-state index contributed by atoms with van der Waals surface area (Å²) in [5, 5.41) is 12.4. The molecule has 1 aromatic carbocycles. The number of hydrogen-bond acceptors (Lipinski definition) is 4. The van der Waals surface area contributed by atoms with Gasteiger partial charge in [0.15, 0.2) is 0 Å². The van der Waals surface area contributed by atoms with Gasteiger partial charge >= 0.3 is 0 Å². The fourth-order valence-corrected chi connectivity index (χ4v) is 2.58. The van der Waals surface area contributed by atoms with Gasteiger partial charge in [-0.25, -0.2) is 0 Å². The van der Waals surface area contributed by atoms with Gasteiger partial charge in [-0.3, -0.25) is 14.5 Å². The molecule has 21 heavy (non-hydrogen) atoms. The zero-order valence-electron chi connectivity index (χ0n) is 11.9. The molecule has 0 saturated carbocycles. The van der Waals surface area contributed by atoms with Crippen molar-refractivity contribution >= 4 is 11.8 Å². The number of β-amino-alcohol motifs (C(OH)–C–C–N with tert-alkyl or cyclic N) is 1. The van der Waals surface area contributed by atoms with Crippen molar-refractivity contribution in [2.24, 2.45) is 5.73 Å². The number of nitrogens with zero attached hydrogens (tertiary/aromatic N) is 1. The van der Waals surface area contributed by atoms with Gasteiger partial charge in [-0.05, 0) is 18.4 Å². The smallest absolute Gasteiger partial charge is 0.234 e. The largest absolute Gasteiger partial charge is 0.392 e. The molecule has 1 aliphatic heterocycles. The molecule has 0 unspecified atom stereocenters. The van der Waals surface area contributed by atoms with Crippen LogP contribution in [0.25, 0.3) is 0 Å². The maximum atomic E-state index is 11.9. The van der Waals surface area contributed by atoms with Gasteiger partial charge in [0.1, 0.15) is 0 Å². The first kappa shape index (κ1) is 15.5. The van der Waals surface area contributed by atoms with Crippen molar-refractivity contribution in [3.63, 3.8) is 0 Å². The quantitative estimate of drug-likeness (QED) is 0.643. The van der Waals surface area contributed by atoms with Crippen LogP contribution in [0.1, 0.15) is 12.0 Å². The van der Waals surface area contributed by atoms with E-state index in [1.807, 2.05) is 30.3 Å². The van der Waals surface area contributed by atoms with Gasteiger partial charge in [-0.15, -0.1) is 0 Å². The van der Waals surface area contributed by atoms with Crippen LogP contribution < -0.4 is 11.1 Å². The maximum absolute atomic E-state index is 11.9. The first-order valence-electron chi connectivity index (χ1n) is 7.08. The fraction of sp³-hybridized carbons (Fsp3) is 0.467. The normalized spacial score (nSPS) is 22.1. The Bertz CT molecular complexity index is 492. The Balaban J connectivity index is 1.75. The summed E-state index contributed by atoms with van der Waals surface area (Å²) in [7, 11) is 0. The van der Waals surface area contributed by atoms with E-state index in [1.165, 1.54) is 0 Å². The number of hydrogen-bond donors (Lipinski definition) is 3. The van der Waals surface area contributed by atoms with Gasteiger partial charge in [-0.2, -0.15) is 0 Å². The second-order valence-corrected chi connectivity index (χ2v) is 5.32. The number of primary amides is 1. The second kappa shape index (κ2) is 7.19. The highest BCUT2D eigenvalue weighted by atomic mass is 16.3. The topological polar surface area (TPSA) is 95.7 Å². The second-order valence-electron chi connectivity index (χ2n) is 5.32. The van der Waals surface area contributed by atoms with Crippen LogP contribution in [0.15, 0.2) is 30.3 Å². The highest BCUT2D eigenvalue weighted by molar-refractivity contribution is 5.82. The molecule has 2 atom stereocenters. The molecule has 1 fully saturated rings. The molecule has 6 nitrogen and oxygen atoms in total. The molecule has 0 radical (unpaired) electrons. The highest BCUT2D eigenvalue weighted by Gasteiger charge is 2.35. The van der Waals surface area contributed by atoms with Crippen LogP contribution in [0.4, 0.5) is 0 Å². The average molecular weight is 291 g/mol. The Morgan fingerprint density at radius 1 is 1.33 bits per heavy atom. The number of likely N-dealkylation sites (tertiary alicyclic amines) is 1. The lowest BCUT2D eigenvalue weighted by molar-refractivity contribution is -0.125. The van der Waals surface area contributed by atoms with Crippen LogP contribution >= 0.6 is 0 Å². The summed E-state index contributed by atoms with van der Waals surface area (Å²) < 4.78 is 0. The summed E-state index contributed by atoms with van der Waals surface area (Å²) in [6, 6.07) is 9.32. The van der Waals surface area contributed by atoms with Crippen molar-refractivity contribution in [1.29, 1.82) is 0 Å². The third kappa shape index (κ3) is 4.54. The third-order valence-electron chi connectivity index (χ3n) is 3.64. The lowest BCUT2D eigenvalue weighted by Crippen LogP contribution is -2.45. The molecule has 1 aromatic rings. The Hall–Kier alpha value is -1.92. The molecule has 114 valence electrons. The van der Waals surface area contributed by atoms with E-state index in [0.29, 0.717) is 19.5 Å². The number of rotatable bonds is 6. The van der Waals surface area contributed by atoms with Crippen molar-refractivity contribution in [1.82, 2.24) is 10.2 Å². The summed E-state index contributed by atoms with van der Waals surface area (Å²) in [4.78, 5) is 24.8. The zero-order chi connectivity index (χ0) is 15.2. The predicted octanol–water partition coefficient (Wildman–Crippen LogP) is -0.734. The minimum atomic E-state index is -0.598. The van der Waals surface area contributed by atoms with E-state index in [9.17, 15) is 14.7 Å². The van der Waals surface area contributed by atoms with Gasteiger partial charge in [0.2, 0.25) is 11.8 Å². The van der Waals surface area contributed by atoms with E-state index in [4.69, 9.17) is 5.73 Å². The summed E-state index contributed by atoms with van der Waals surface area (Å²) >= 11 is 0. The standard InChI is InChI=1S/C15H21N3O3/c16-15(21)13-8-12(19)9-18(13)10-14(20)17-7-6-11-4-2-1-3-5-11/h1-5,12-13,19H,6-10H2,(H2,16,21)(H,17,20)/t12-,13+/m0/s1. The molecule has 1 saturated heterocycles. The molecule has 2 amide bonds. The lowest BCUT2D eigenvalue weighted by atomic mass is 10.1. The van der Waals surface area contributed by atoms with Crippen LogP contribution in [0.2, 0.25) is 0 Å². The Labute approximate surface area is 123 Å². The van der Waals surface area contributed by atoms with Crippen LogP contribution in [-0.2, 0) is 16.0 Å². The number of nitrogens with one attached hydrogen (secondary N) is 1. The number of amides is 2. The van der Waals surface area contributed by atoms with Crippen LogP contribution in [0, 0.1) is 0 Å². The molecule has 4 N–H and O–H groups in total. The molecule has 0 spiro atoms. The molecule has 0 aliphatic carbocycles. The predicted molar refractivity (Wildman–Crippen MR) is 78.3 cm³/mol. The van der Waals surface area contributed by atoms with Crippen LogP contribution in [0.5, 0.6) is 0 Å². The van der Waals surface area contributed by atoms with Gasteiger partial charge in [0, 0.05) is 13.1 Å². The third-order valence-corrected chi connectivity index (χ3v) is 3.64. The number of aliphatic hydroxyl groups is 1. The molecule has 1 heterocycles. The van der Waals surface area contributed by atoms with E-state index in [1.54, 1.807) is 4.90 Å². The Morgan fingerprint density at radius 2 is 2.05 bits per heavy atom. The van der Waals surface area contributed by atoms with Gasteiger partial charge in [-0.1, -0.05) is 30.3 Å². The summed E-state index contributed by atoms with van der Waals surface area (Å²) in [6.07, 6.45) is 0.459. The number of nitrogens with two attached hydrogens (primary N) is 1. The highest BCUT2D eigenvalue weighted by Crippen LogP contribution is 2.16. The number of carbonyl (C=O) groups is 2. The lowest BCUT2D eigenvalue weighted by Gasteiger charge is -2.20. The van der Waals surface area contributed by atoms with Gasteiger partial charge in [0.05, 0.1) is 18.7 Å². The SMILES string of the molecule is NC(=O)[C@H]1C[C@H](O)CN1CC(=O)NCCc1ccccc1. The average Bonchev–Trinajstić information content (AvgIpc) is 2.81. The number of aliphatic hydroxyl groups excluding tert-OH is 1.